The van der Waals surface area contributed by atoms with Crippen LogP contribution in [0.1, 0.15) is 13.8 Å². The van der Waals surface area contributed by atoms with Crippen LogP contribution in [-0.2, 0) is 14.2 Å². The van der Waals surface area contributed by atoms with E-state index in [-0.39, 0.29) is 13.2 Å². The summed E-state index contributed by atoms with van der Waals surface area (Å²) >= 11 is 0. The van der Waals surface area contributed by atoms with Gasteiger partial charge in [0.05, 0.1) is 6.61 Å². The van der Waals surface area contributed by atoms with Crippen molar-refractivity contribution in [3.05, 3.63) is 0 Å². The van der Waals surface area contributed by atoms with E-state index < -0.39 is 29.9 Å². The van der Waals surface area contributed by atoms with Crippen LogP contribution in [0, 0.1) is 0 Å². The smallest absolute Gasteiger partial charge is 0.224 e. The summed E-state index contributed by atoms with van der Waals surface area (Å²) in [5, 5.41) is 28.6. The maximum Gasteiger partial charge on any atom is 0.224 e. The van der Waals surface area contributed by atoms with Crippen LogP contribution >= 0.6 is 0 Å². The van der Waals surface area contributed by atoms with Gasteiger partial charge in [-0.15, -0.1) is 0 Å². The molecule has 0 aromatic heterocycles. The minimum Gasteiger partial charge on any atom is -0.388 e. The molecule has 2 aliphatic rings. The van der Waals surface area contributed by atoms with E-state index in [1.165, 1.54) is 0 Å². The van der Waals surface area contributed by atoms with Gasteiger partial charge < -0.3 is 29.5 Å². The van der Waals surface area contributed by atoms with Gasteiger partial charge in [0.15, 0.2) is 5.79 Å². The van der Waals surface area contributed by atoms with E-state index in [1.807, 2.05) is 0 Å². The quantitative estimate of drug-likeness (QED) is 0.464. The molecule has 2 rings (SSSR count). The van der Waals surface area contributed by atoms with E-state index in [0.717, 1.165) is 0 Å². The topological polar surface area (TPSA) is 88.4 Å². The Morgan fingerprint density at radius 3 is 2.33 bits per heavy atom. The van der Waals surface area contributed by atoms with E-state index in [0.29, 0.717) is 0 Å². The standard InChI is InChI=1S/C9H16O6/c1-8(2)14-4-9(15-8)7(12)6(11)5(10)3-13-9/h5-7,10-12H,3-4H2,1-2H3/t5-,6+,7+,9+/m1/s1. The van der Waals surface area contributed by atoms with Crippen molar-refractivity contribution in [1.82, 2.24) is 0 Å². The van der Waals surface area contributed by atoms with Gasteiger partial charge in [0.1, 0.15) is 24.9 Å². The number of hydrogen-bond donors (Lipinski definition) is 3. The van der Waals surface area contributed by atoms with E-state index in [9.17, 15) is 15.3 Å². The lowest BCUT2D eigenvalue weighted by atomic mass is 9.97. The third-order valence-corrected chi connectivity index (χ3v) is 2.71. The molecule has 2 aliphatic heterocycles. The van der Waals surface area contributed by atoms with Crippen LogP contribution in [-0.4, -0.2) is 58.4 Å². The number of aliphatic hydroxyl groups excluding tert-OH is 3. The Labute approximate surface area is 87.4 Å². The first-order chi connectivity index (χ1) is 6.86. The molecule has 0 saturated carbocycles. The van der Waals surface area contributed by atoms with Crippen molar-refractivity contribution in [1.29, 1.82) is 0 Å². The molecule has 1 spiro atoms. The van der Waals surface area contributed by atoms with Crippen LogP contribution in [0.4, 0.5) is 0 Å². The summed E-state index contributed by atoms with van der Waals surface area (Å²) in [7, 11) is 0. The third kappa shape index (κ3) is 1.77. The molecule has 0 bridgehead atoms. The highest BCUT2D eigenvalue weighted by atomic mass is 16.8. The second-order valence-electron chi connectivity index (χ2n) is 4.42. The van der Waals surface area contributed by atoms with E-state index in [1.54, 1.807) is 13.8 Å². The van der Waals surface area contributed by atoms with Gasteiger partial charge in [0.2, 0.25) is 5.79 Å². The van der Waals surface area contributed by atoms with Gasteiger partial charge in [-0.1, -0.05) is 0 Å². The van der Waals surface area contributed by atoms with Gasteiger partial charge in [0, 0.05) is 0 Å². The molecule has 0 amide bonds. The van der Waals surface area contributed by atoms with Gasteiger partial charge in [-0.2, -0.15) is 0 Å². The fourth-order valence-electron chi connectivity index (χ4n) is 1.85. The lowest BCUT2D eigenvalue weighted by Gasteiger charge is -2.41. The van der Waals surface area contributed by atoms with Crippen molar-refractivity contribution in [2.24, 2.45) is 0 Å². The number of rotatable bonds is 0. The molecule has 0 aromatic rings. The lowest BCUT2D eigenvalue weighted by molar-refractivity contribution is -0.337. The average molecular weight is 220 g/mol. The van der Waals surface area contributed by atoms with Crippen molar-refractivity contribution in [3.63, 3.8) is 0 Å². The summed E-state index contributed by atoms with van der Waals surface area (Å²) in [5.41, 5.74) is 0. The lowest BCUT2D eigenvalue weighted by Crippen LogP contribution is -2.62. The van der Waals surface area contributed by atoms with Crippen LogP contribution in [0.5, 0.6) is 0 Å². The molecule has 2 saturated heterocycles. The summed E-state index contributed by atoms with van der Waals surface area (Å²) < 4.78 is 16.0. The summed E-state index contributed by atoms with van der Waals surface area (Å²) in [6.45, 7) is 3.33. The SMILES string of the molecule is CC1(C)OC[C@]2(OC[C@@H](O)[C@H](O)[C@@H]2O)O1. The molecular weight excluding hydrogens is 204 g/mol. The second-order valence-corrected chi connectivity index (χ2v) is 4.42. The fraction of sp³-hybridized carbons (Fsp3) is 1.00. The second kappa shape index (κ2) is 3.38. The largest absolute Gasteiger partial charge is 0.388 e. The molecule has 0 aromatic carbocycles. The van der Waals surface area contributed by atoms with Gasteiger partial charge >= 0.3 is 0 Å². The molecule has 6 nitrogen and oxygen atoms in total. The Morgan fingerprint density at radius 1 is 1.13 bits per heavy atom. The monoisotopic (exact) mass is 220 g/mol. The minimum absolute atomic E-state index is 0.0327. The number of hydrogen-bond acceptors (Lipinski definition) is 6. The molecule has 2 fully saturated rings. The van der Waals surface area contributed by atoms with Crippen LogP contribution in [0.3, 0.4) is 0 Å². The maximum atomic E-state index is 9.79. The summed E-state index contributed by atoms with van der Waals surface area (Å²) in [6, 6.07) is 0. The molecule has 15 heavy (non-hydrogen) atoms. The first kappa shape index (κ1) is 11.3. The van der Waals surface area contributed by atoms with E-state index in [2.05, 4.69) is 0 Å². The highest BCUT2D eigenvalue weighted by molar-refractivity contribution is 4.96. The van der Waals surface area contributed by atoms with Crippen molar-refractivity contribution in [2.45, 2.75) is 43.7 Å². The third-order valence-electron chi connectivity index (χ3n) is 2.71. The molecular formula is C9H16O6. The van der Waals surface area contributed by atoms with Crippen LogP contribution in [0.2, 0.25) is 0 Å². The molecule has 0 radical (unpaired) electrons. The summed E-state index contributed by atoms with van der Waals surface area (Å²) in [5.74, 6) is -2.22. The molecule has 3 N–H and O–H groups in total. The Bertz CT molecular complexity index is 255. The molecule has 4 atom stereocenters. The van der Waals surface area contributed by atoms with Gasteiger partial charge in [-0.05, 0) is 13.8 Å². The zero-order chi connectivity index (χ0) is 11.3. The maximum absolute atomic E-state index is 9.79. The highest BCUT2D eigenvalue weighted by Crippen LogP contribution is 2.38. The predicted octanol–water partition coefficient (Wildman–Crippen LogP) is -1.42. The van der Waals surface area contributed by atoms with E-state index >= 15 is 0 Å². The van der Waals surface area contributed by atoms with Gasteiger partial charge in [-0.25, -0.2) is 0 Å². The van der Waals surface area contributed by atoms with Crippen molar-refractivity contribution in [3.8, 4) is 0 Å². The fourth-order valence-corrected chi connectivity index (χ4v) is 1.85. The van der Waals surface area contributed by atoms with Crippen molar-refractivity contribution >= 4 is 0 Å². The van der Waals surface area contributed by atoms with Crippen molar-refractivity contribution < 1.29 is 29.5 Å². The first-order valence-electron chi connectivity index (χ1n) is 4.89. The van der Waals surface area contributed by atoms with Gasteiger partial charge in [-0.3, -0.25) is 0 Å². The van der Waals surface area contributed by atoms with Crippen LogP contribution in [0.15, 0.2) is 0 Å². The molecule has 0 aliphatic carbocycles. The average Bonchev–Trinajstić information content (AvgIpc) is 2.47. The van der Waals surface area contributed by atoms with Gasteiger partial charge in [0.25, 0.3) is 0 Å². The zero-order valence-corrected chi connectivity index (χ0v) is 8.71. The Hall–Kier alpha value is -0.240. The Morgan fingerprint density at radius 2 is 1.80 bits per heavy atom. The number of aliphatic hydroxyl groups is 3. The molecule has 2 heterocycles. The van der Waals surface area contributed by atoms with Crippen LogP contribution < -0.4 is 0 Å². The highest BCUT2D eigenvalue weighted by Gasteiger charge is 2.57. The zero-order valence-electron chi connectivity index (χ0n) is 8.71. The van der Waals surface area contributed by atoms with E-state index in [4.69, 9.17) is 14.2 Å². The Balaban J connectivity index is 2.16. The molecule has 0 unspecified atom stereocenters. The minimum atomic E-state index is -1.36. The Kier molecular flexibility index (Phi) is 2.53. The first-order valence-corrected chi connectivity index (χ1v) is 4.89. The van der Waals surface area contributed by atoms with Crippen molar-refractivity contribution in [2.75, 3.05) is 13.2 Å². The normalized spacial score (nSPS) is 49.8. The molecule has 88 valence electrons. The summed E-state index contributed by atoms with van der Waals surface area (Å²) in [6.07, 6.45) is -3.70. The summed E-state index contributed by atoms with van der Waals surface area (Å²) in [4.78, 5) is 0. The van der Waals surface area contributed by atoms with Crippen LogP contribution in [0.25, 0.3) is 0 Å². The predicted molar refractivity (Wildman–Crippen MR) is 47.8 cm³/mol. The number of ether oxygens (including phenoxy) is 3. The molecule has 6 heteroatoms.